The van der Waals surface area contributed by atoms with Gasteiger partial charge in [0.15, 0.2) is 0 Å². The van der Waals surface area contributed by atoms with E-state index in [0.29, 0.717) is 6.54 Å². The van der Waals surface area contributed by atoms with Crippen LogP contribution in [0.5, 0.6) is 5.75 Å². The molecule has 0 saturated carbocycles. The molecule has 78 valence electrons. The van der Waals surface area contributed by atoms with E-state index in [4.69, 9.17) is 4.74 Å². The van der Waals surface area contributed by atoms with Crippen molar-refractivity contribution in [3.8, 4) is 5.75 Å². The topological polar surface area (TPSA) is 29.5 Å². The Morgan fingerprint density at radius 1 is 1.60 bits per heavy atom. The molecule has 0 saturated heterocycles. The first-order chi connectivity index (χ1) is 7.30. The number of carbonyl (C=O) groups is 1. The van der Waals surface area contributed by atoms with Crippen molar-refractivity contribution in [2.24, 2.45) is 0 Å². The van der Waals surface area contributed by atoms with E-state index in [0.717, 1.165) is 23.3 Å². The van der Waals surface area contributed by atoms with Crippen molar-refractivity contribution < 1.29 is 9.53 Å². The Hall–Kier alpha value is -1.77. The lowest BCUT2D eigenvalue weighted by molar-refractivity contribution is -0.119. The van der Waals surface area contributed by atoms with Crippen LogP contribution in [0.4, 0.5) is 0 Å². The van der Waals surface area contributed by atoms with Gasteiger partial charge in [-0.1, -0.05) is 12.1 Å². The Kier molecular flexibility index (Phi) is 2.46. The van der Waals surface area contributed by atoms with Crippen LogP contribution in [-0.4, -0.2) is 18.4 Å². The summed E-state index contributed by atoms with van der Waals surface area (Å²) < 4.78 is 5.14. The van der Waals surface area contributed by atoms with Gasteiger partial charge in [-0.25, -0.2) is 0 Å². The number of ether oxygens (including phenoxy) is 1. The average molecular weight is 203 g/mol. The van der Waals surface area contributed by atoms with E-state index in [1.165, 1.54) is 0 Å². The zero-order valence-electron chi connectivity index (χ0n) is 8.64. The quantitative estimate of drug-likeness (QED) is 0.554. The van der Waals surface area contributed by atoms with Crippen LogP contribution >= 0.6 is 0 Å². The summed E-state index contributed by atoms with van der Waals surface area (Å²) in [5.41, 5.74) is 2.27. The van der Waals surface area contributed by atoms with Crippen molar-refractivity contribution in [1.82, 2.24) is 4.90 Å². The van der Waals surface area contributed by atoms with Crippen LogP contribution in [0.25, 0.3) is 0 Å². The molecule has 1 amide bonds. The van der Waals surface area contributed by atoms with Crippen LogP contribution in [0.3, 0.4) is 0 Å². The summed E-state index contributed by atoms with van der Waals surface area (Å²) in [6.07, 6.45) is 2.64. The smallest absolute Gasteiger partial charge is 0.210 e. The molecule has 1 aliphatic rings. The summed E-state index contributed by atoms with van der Waals surface area (Å²) in [5.74, 6) is 0.823. The molecule has 2 rings (SSSR count). The molecule has 0 fully saturated rings. The number of hydrogen-bond donors (Lipinski definition) is 0. The third-order valence-corrected chi connectivity index (χ3v) is 2.74. The molecule has 1 aromatic carbocycles. The number of carbonyl (C=O) groups excluding carboxylic acids is 1. The fourth-order valence-electron chi connectivity index (χ4n) is 1.97. The van der Waals surface area contributed by atoms with E-state index in [1.807, 2.05) is 18.2 Å². The average Bonchev–Trinajstić information content (AvgIpc) is 2.65. The number of hydrogen-bond acceptors (Lipinski definition) is 2. The largest absolute Gasteiger partial charge is 0.497 e. The molecular formula is C12H13NO2. The van der Waals surface area contributed by atoms with E-state index < -0.39 is 0 Å². The molecule has 1 heterocycles. The van der Waals surface area contributed by atoms with Gasteiger partial charge in [0.05, 0.1) is 13.2 Å². The highest BCUT2D eigenvalue weighted by atomic mass is 16.5. The molecule has 1 unspecified atom stereocenters. The number of benzene rings is 1. The zero-order chi connectivity index (χ0) is 10.8. The number of fused-ring (bicyclic) bond motifs is 1. The van der Waals surface area contributed by atoms with Gasteiger partial charge < -0.3 is 9.64 Å². The van der Waals surface area contributed by atoms with Gasteiger partial charge in [0.25, 0.3) is 0 Å². The van der Waals surface area contributed by atoms with E-state index >= 15 is 0 Å². The Morgan fingerprint density at radius 2 is 2.40 bits per heavy atom. The van der Waals surface area contributed by atoms with Gasteiger partial charge in [-0.2, -0.15) is 0 Å². The fraction of sp³-hybridized carbons (Fsp3) is 0.250. The molecule has 0 spiro atoms. The number of nitrogens with zero attached hydrogens (tertiary/aromatic N) is 1. The van der Waals surface area contributed by atoms with Crippen LogP contribution in [0.1, 0.15) is 17.2 Å². The first kappa shape index (κ1) is 9.77. The molecule has 1 atom stereocenters. The lowest BCUT2D eigenvalue weighted by atomic mass is 10.0. The first-order valence-electron chi connectivity index (χ1n) is 4.80. The van der Waals surface area contributed by atoms with E-state index in [2.05, 4.69) is 6.58 Å². The van der Waals surface area contributed by atoms with Crippen LogP contribution in [0.2, 0.25) is 0 Å². The molecule has 0 aliphatic carbocycles. The summed E-state index contributed by atoms with van der Waals surface area (Å²) in [7, 11) is 1.64. The second-order valence-electron chi connectivity index (χ2n) is 3.52. The molecule has 3 heteroatoms. The minimum absolute atomic E-state index is 0.00315. The Labute approximate surface area is 89.0 Å². The summed E-state index contributed by atoms with van der Waals surface area (Å²) in [6, 6.07) is 5.87. The third kappa shape index (κ3) is 1.50. The monoisotopic (exact) mass is 203 g/mol. The van der Waals surface area contributed by atoms with Gasteiger partial charge in [-0.15, -0.1) is 6.58 Å². The number of amides is 1. The maximum atomic E-state index is 10.8. The molecular weight excluding hydrogens is 190 g/mol. The predicted molar refractivity (Wildman–Crippen MR) is 57.5 cm³/mol. The van der Waals surface area contributed by atoms with Gasteiger partial charge in [-0.05, 0) is 23.3 Å². The van der Waals surface area contributed by atoms with E-state index in [1.54, 1.807) is 18.1 Å². The van der Waals surface area contributed by atoms with Gasteiger partial charge in [0.2, 0.25) is 6.41 Å². The zero-order valence-corrected chi connectivity index (χ0v) is 8.64. The standard InChI is InChI=1S/C12H13NO2/c1-3-12-11-5-4-10(15-2)6-9(11)7-13(12)8-14/h3-6,8,12H,1,7H2,2H3. The summed E-state index contributed by atoms with van der Waals surface area (Å²) in [4.78, 5) is 12.6. The molecule has 1 aromatic rings. The molecule has 0 N–H and O–H groups in total. The Bertz CT molecular complexity index is 401. The van der Waals surface area contributed by atoms with Gasteiger partial charge in [0.1, 0.15) is 5.75 Å². The minimum atomic E-state index is 0.00315. The number of rotatable bonds is 3. The second-order valence-corrected chi connectivity index (χ2v) is 3.52. The predicted octanol–water partition coefficient (Wildman–Crippen LogP) is 1.89. The minimum Gasteiger partial charge on any atom is -0.497 e. The number of methoxy groups -OCH3 is 1. The molecule has 1 aliphatic heterocycles. The van der Waals surface area contributed by atoms with Crippen LogP contribution < -0.4 is 4.74 Å². The first-order valence-corrected chi connectivity index (χ1v) is 4.80. The van der Waals surface area contributed by atoms with Crippen molar-refractivity contribution in [3.63, 3.8) is 0 Å². The highest BCUT2D eigenvalue weighted by molar-refractivity contribution is 5.55. The van der Waals surface area contributed by atoms with Crippen molar-refractivity contribution >= 4 is 6.41 Å². The SMILES string of the molecule is C=CC1c2ccc(OC)cc2CN1C=O. The normalized spacial score (nSPS) is 18.5. The van der Waals surface area contributed by atoms with Crippen molar-refractivity contribution in [3.05, 3.63) is 42.0 Å². The van der Waals surface area contributed by atoms with Crippen molar-refractivity contribution in [1.29, 1.82) is 0 Å². The maximum absolute atomic E-state index is 10.8. The summed E-state index contributed by atoms with van der Waals surface area (Å²) in [6.45, 7) is 4.38. The Morgan fingerprint density at radius 3 is 3.00 bits per heavy atom. The van der Waals surface area contributed by atoms with Crippen molar-refractivity contribution in [2.45, 2.75) is 12.6 Å². The summed E-state index contributed by atoms with van der Waals surface area (Å²) in [5, 5.41) is 0. The van der Waals surface area contributed by atoms with E-state index in [9.17, 15) is 4.79 Å². The Balaban J connectivity index is 2.42. The molecule has 0 radical (unpaired) electrons. The molecule has 0 aromatic heterocycles. The van der Waals surface area contributed by atoms with Crippen molar-refractivity contribution in [2.75, 3.05) is 7.11 Å². The van der Waals surface area contributed by atoms with Gasteiger partial charge >= 0.3 is 0 Å². The maximum Gasteiger partial charge on any atom is 0.210 e. The second kappa shape index (κ2) is 3.77. The lowest BCUT2D eigenvalue weighted by Gasteiger charge is -2.16. The molecule has 0 bridgehead atoms. The molecule has 3 nitrogen and oxygen atoms in total. The van der Waals surface area contributed by atoms with Crippen LogP contribution in [0, 0.1) is 0 Å². The highest BCUT2D eigenvalue weighted by Gasteiger charge is 2.26. The fourth-order valence-corrected chi connectivity index (χ4v) is 1.97. The molecule has 15 heavy (non-hydrogen) atoms. The highest BCUT2D eigenvalue weighted by Crippen LogP contribution is 2.35. The van der Waals surface area contributed by atoms with Gasteiger partial charge in [0, 0.05) is 6.54 Å². The lowest BCUT2D eigenvalue weighted by Crippen LogP contribution is -2.18. The van der Waals surface area contributed by atoms with E-state index in [-0.39, 0.29) is 6.04 Å². The van der Waals surface area contributed by atoms with Crippen LogP contribution in [-0.2, 0) is 11.3 Å². The van der Waals surface area contributed by atoms with Gasteiger partial charge in [-0.3, -0.25) is 4.79 Å². The summed E-state index contributed by atoms with van der Waals surface area (Å²) >= 11 is 0. The van der Waals surface area contributed by atoms with Crippen LogP contribution in [0.15, 0.2) is 30.9 Å². The third-order valence-electron chi connectivity index (χ3n) is 2.74.